The number of hydrogen-bond acceptors (Lipinski definition) is 4. The largest absolute Gasteiger partial charge is 0.497 e. The second-order valence-corrected chi connectivity index (χ2v) is 6.39. The predicted octanol–water partition coefficient (Wildman–Crippen LogP) is 3.29. The number of carbonyl (C=O) groups excluding carboxylic acids is 1. The van der Waals surface area contributed by atoms with Crippen LogP contribution in [0.2, 0.25) is 0 Å². The second kappa shape index (κ2) is 8.39. The summed E-state index contributed by atoms with van der Waals surface area (Å²) in [5.74, 6) is 1.19. The predicted molar refractivity (Wildman–Crippen MR) is 99.1 cm³/mol. The third kappa shape index (κ3) is 4.64. The van der Waals surface area contributed by atoms with Crippen molar-refractivity contribution in [2.75, 3.05) is 12.9 Å². The summed E-state index contributed by atoms with van der Waals surface area (Å²) in [4.78, 5) is 17.2. The molecule has 3 aromatic rings. The Balaban J connectivity index is 1.54. The number of aromatic nitrogens is 2. The van der Waals surface area contributed by atoms with Crippen molar-refractivity contribution in [2.24, 2.45) is 0 Å². The van der Waals surface area contributed by atoms with Crippen molar-refractivity contribution in [2.45, 2.75) is 11.4 Å². The Morgan fingerprint density at radius 2 is 2.00 bits per heavy atom. The van der Waals surface area contributed by atoms with Crippen molar-refractivity contribution < 1.29 is 9.53 Å². The van der Waals surface area contributed by atoms with E-state index < -0.39 is 0 Å². The molecule has 0 radical (unpaired) electrons. The minimum atomic E-state index is 0.00116. The number of hydrogen-bond donors (Lipinski definition) is 1. The number of ether oxygens (including phenoxy) is 1. The van der Waals surface area contributed by atoms with Gasteiger partial charge < -0.3 is 14.6 Å². The number of thioether (sulfide) groups is 1. The van der Waals surface area contributed by atoms with Crippen LogP contribution in [0.25, 0.3) is 5.69 Å². The minimum absolute atomic E-state index is 0.00116. The molecule has 0 spiro atoms. The molecule has 0 atom stereocenters. The van der Waals surface area contributed by atoms with Gasteiger partial charge in [0.1, 0.15) is 5.75 Å². The molecule has 3 rings (SSSR count). The van der Waals surface area contributed by atoms with E-state index >= 15 is 0 Å². The average molecular weight is 353 g/mol. The molecule has 128 valence electrons. The summed E-state index contributed by atoms with van der Waals surface area (Å²) in [6.07, 6.45) is 5.38. The summed E-state index contributed by atoms with van der Waals surface area (Å²) in [6, 6.07) is 15.6. The van der Waals surface area contributed by atoms with Crippen LogP contribution in [0.1, 0.15) is 5.56 Å². The molecule has 0 aliphatic heterocycles. The first-order valence-corrected chi connectivity index (χ1v) is 8.84. The fourth-order valence-corrected chi connectivity index (χ4v) is 3.11. The number of carbonyl (C=O) groups is 1. The van der Waals surface area contributed by atoms with Gasteiger partial charge in [0, 0.05) is 23.8 Å². The third-order valence-electron chi connectivity index (χ3n) is 3.68. The van der Waals surface area contributed by atoms with Gasteiger partial charge in [0.2, 0.25) is 5.91 Å². The number of imidazole rings is 1. The Labute approximate surface area is 151 Å². The van der Waals surface area contributed by atoms with Gasteiger partial charge in [-0.1, -0.05) is 18.2 Å². The van der Waals surface area contributed by atoms with Crippen LogP contribution in [0.5, 0.6) is 5.75 Å². The zero-order valence-electron chi connectivity index (χ0n) is 13.9. The number of amides is 1. The Morgan fingerprint density at radius 1 is 1.20 bits per heavy atom. The Morgan fingerprint density at radius 3 is 2.72 bits per heavy atom. The Bertz CT molecular complexity index is 817. The molecule has 1 N–H and O–H groups in total. The summed E-state index contributed by atoms with van der Waals surface area (Å²) in [6.45, 7) is 0.482. The van der Waals surface area contributed by atoms with Crippen molar-refractivity contribution >= 4 is 17.7 Å². The molecular formula is C19H19N3O2S. The van der Waals surface area contributed by atoms with Crippen molar-refractivity contribution in [1.82, 2.24) is 14.9 Å². The normalized spacial score (nSPS) is 10.4. The topological polar surface area (TPSA) is 56.1 Å². The van der Waals surface area contributed by atoms with Crippen LogP contribution in [0.3, 0.4) is 0 Å². The van der Waals surface area contributed by atoms with Gasteiger partial charge in [-0.05, 0) is 35.9 Å². The van der Waals surface area contributed by atoms with Crippen LogP contribution in [-0.4, -0.2) is 28.3 Å². The molecule has 0 saturated carbocycles. The fraction of sp³-hybridized carbons (Fsp3) is 0.158. The zero-order valence-corrected chi connectivity index (χ0v) is 14.7. The molecule has 25 heavy (non-hydrogen) atoms. The SMILES string of the molecule is COc1ccc(SCC(=O)NCc2ccccc2-n2ccnc2)cc1. The number of nitrogens with one attached hydrogen (secondary N) is 1. The molecule has 1 aromatic heterocycles. The van der Waals surface area contributed by atoms with Gasteiger partial charge in [0.15, 0.2) is 0 Å². The van der Waals surface area contributed by atoms with E-state index in [1.807, 2.05) is 59.3 Å². The summed E-state index contributed by atoms with van der Waals surface area (Å²) in [5, 5.41) is 2.98. The molecule has 2 aromatic carbocycles. The first-order chi connectivity index (χ1) is 12.3. The number of rotatable bonds is 7. The number of para-hydroxylation sites is 1. The van der Waals surface area contributed by atoms with Crippen molar-refractivity contribution in [1.29, 1.82) is 0 Å². The van der Waals surface area contributed by atoms with Gasteiger partial charge in [0.25, 0.3) is 0 Å². The van der Waals surface area contributed by atoms with E-state index in [2.05, 4.69) is 10.3 Å². The molecule has 0 aliphatic rings. The van der Waals surface area contributed by atoms with Crippen LogP contribution < -0.4 is 10.1 Å². The molecule has 0 fully saturated rings. The summed E-state index contributed by atoms with van der Waals surface area (Å²) >= 11 is 1.50. The van der Waals surface area contributed by atoms with E-state index in [4.69, 9.17) is 4.74 Å². The maximum Gasteiger partial charge on any atom is 0.230 e. The van der Waals surface area contributed by atoms with Crippen LogP contribution in [0.4, 0.5) is 0 Å². The highest BCUT2D eigenvalue weighted by Crippen LogP contribution is 2.21. The van der Waals surface area contributed by atoms with E-state index in [1.165, 1.54) is 11.8 Å². The maximum atomic E-state index is 12.1. The lowest BCUT2D eigenvalue weighted by molar-refractivity contribution is -0.118. The van der Waals surface area contributed by atoms with E-state index in [1.54, 1.807) is 19.6 Å². The lowest BCUT2D eigenvalue weighted by atomic mass is 10.1. The Hall–Kier alpha value is -2.73. The van der Waals surface area contributed by atoms with Crippen LogP contribution in [0.15, 0.2) is 72.1 Å². The zero-order chi connectivity index (χ0) is 17.5. The molecule has 0 bridgehead atoms. The van der Waals surface area contributed by atoms with E-state index in [0.717, 1.165) is 21.9 Å². The highest BCUT2D eigenvalue weighted by Gasteiger charge is 2.07. The lowest BCUT2D eigenvalue weighted by Gasteiger charge is -2.11. The van der Waals surface area contributed by atoms with Crippen molar-refractivity contribution in [3.63, 3.8) is 0 Å². The molecule has 6 heteroatoms. The molecular weight excluding hydrogens is 334 g/mol. The Kier molecular flexibility index (Phi) is 5.74. The number of benzene rings is 2. The van der Waals surface area contributed by atoms with Crippen molar-refractivity contribution in [3.8, 4) is 11.4 Å². The molecule has 1 amide bonds. The van der Waals surface area contributed by atoms with Gasteiger partial charge >= 0.3 is 0 Å². The molecule has 0 unspecified atom stereocenters. The van der Waals surface area contributed by atoms with Gasteiger partial charge in [-0.3, -0.25) is 4.79 Å². The first kappa shape index (κ1) is 17.1. The van der Waals surface area contributed by atoms with Crippen LogP contribution in [-0.2, 0) is 11.3 Å². The quantitative estimate of drug-likeness (QED) is 0.662. The maximum absolute atomic E-state index is 12.1. The summed E-state index contributed by atoms with van der Waals surface area (Å²) in [7, 11) is 1.64. The fourth-order valence-electron chi connectivity index (χ4n) is 2.38. The highest BCUT2D eigenvalue weighted by atomic mass is 32.2. The molecule has 0 saturated heterocycles. The summed E-state index contributed by atoms with van der Waals surface area (Å²) in [5.41, 5.74) is 2.06. The van der Waals surface area contributed by atoms with E-state index in [9.17, 15) is 4.79 Å². The van der Waals surface area contributed by atoms with Gasteiger partial charge in [-0.15, -0.1) is 11.8 Å². The third-order valence-corrected chi connectivity index (χ3v) is 4.69. The smallest absolute Gasteiger partial charge is 0.230 e. The molecule has 1 heterocycles. The van der Waals surface area contributed by atoms with Gasteiger partial charge in [-0.25, -0.2) is 4.98 Å². The monoisotopic (exact) mass is 353 g/mol. The average Bonchev–Trinajstić information content (AvgIpc) is 3.20. The molecule has 5 nitrogen and oxygen atoms in total. The van der Waals surface area contributed by atoms with Crippen molar-refractivity contribution in [3.05, 3.63) is 72.8 Å². The van der Waals surface area contributed by atoms with Gasteiger partial charge in [0.05, 0.1) is 24.9 Å². The second-order valence-electron chi connectivity index (χ2n) is 5.34. The van der Waals surface area contributed by atoms with E-state index in [0.29, 0.717) is 12.3 Å². The summed E-state index contributed by atoms with van der Waals surface area (Å²) < 4.78 is 7.07. The lowest BCUT2D eigenvalue weighted by Crippen LogP contribution is -2.25. The minimum Gasteiger partial charge on any atom is -0.497 e. The van der Waals surface area contributed by atoms with E-state index in [-0.39, 0.29) is 5.91 Å². The van der Waals surface area contributed by atoms with Crippen LogP contribution >= 0.6 is 11.8 Å². The standard InChI is InChI=1S/C19H19N3O2S/c1-24-16-6-8-17(9-7-16)25-13-19(23)21-12-15-4-2-3-5-18(15)22-11-10-20-14-22/h2-11,14H,12-13H2,1H3,(H,21,23). The van der Waals surface area contributed by atoms with Gasteiger partial charge in [-0.2, -0.15) is 0 Å². The highest BCUT2D eigenvalue weighted by molar-refractivity contribution is 8.00. The first-order valence-electron chi connectivity index (χ1n) is 7.86. The number of methoxy groups -OCH3 is 1. The van der Waals surface area contributed by atoms with Crippen LogP contribution in [0, 0.1) is 0 Å². The molecule has 0 aliphatic carbocycles. The number of nitrogens with zero attached hydrogens (tertiary/aromatic N) is 2.